The van der Waals surface area contributed by atoms with Crippen molar-refractivity contribution in [1.29, 1.82) is 0 Å². The number of piperazine rings is 1. The Bertz CT molecular complexity index is 378. The Hall–Kier alpha value is -0.730. The third kappa shape index (κ3) is 2.75. The lowest BCUT2D eigenvalue weighted by atomic mass is 9.99. The molecule has 2 atom stereocenters. The summed E-state index contributed by atoms with van der Waals surface area (Å²) in [7, 11) is 0. The topological polar surface area (TPSA) is 15.3 Å². The minimum absolute atomic E-state index is 0.491. The molecule has 0 spiro atoms. The molecule has 0 radical (unpaired) electrons. The van der Waals surface area contributed by atoms with Crippen molar-refractivity contribution in [3.63, 3.8) is 0 Å². The summed E-state index contributed by atoms with van der Waals surface area (Å²) in [6, 6.07) is 9.16. The zero-order valence-corrected chi connectivity index (χ0v) is 11.5. The van der Waals surface area contributed by atoms with Gasteiger partial charge in [-0.25, -0.2) is 0 Å². The first kappa shape index (κ1) is 12.7. The average molecular weight is 253 g/mol. The fraction of sp³-hybridized carbons (Fsp3) is 0.571. The van der Waals surface area contributed by atoms with E-state index in [2.05, 4.69) is 43.1 Å². The number of hydrogen-bond acceptors (Lipinski definition) is 2. The predicted molar refractivity (Wildman–Crippen MR) is 74.9 cm³/mol. The van der Waals surface area contributed by atoms with Crippen molar-refractivity contribution < 1.29 is 0 Å². The molecular formula is C14H21ClN2. The normalized spacial score (nSPS) is 25.4. The van der Waals surface area contributed by atoms with Crippen molar-refractivity contribution in [2.24, 2.45) is 5.92 Å². The van der Waals surface area contributed by atoms with E-state index in [1.807, 2.05) is 12.1 Å². The fourth-order valence-electron chi connectivity index (χ4n) is 2.36. The molecule has 1 saturated heterocycles. The number of anilines is 1. The van der Waals surface area contributed by atoms with Gasteiger partial charge in [-0.15, -0.1) is 0 Å². The molecule has 1 fully saturated rings. The summed E-state index contributed by atoms with van der Waals surface area (Å²) >= 11 is 6.29. The molecule has 0 aromatic heterocycles. The van der Waals surface area contributed by atoms with Gasteiger partial charge in [0, 0.05) is 25.2 Å². The molecular weight excluding hydrogens is 232 g/mol. The van der Waals surface area contributed by atoms with Gasteiger partial charge in [0.25, 0.3) is 0 Å². The first-order valence-electron chi connectivity index (χ1n) is 6.34. The number of para-hydroxylation sites is 1. The number of rotatable bonds is 2. The molecule has 94 valence electrons. The number of nitrogens with zero attached hydrogens (tertiary/aromatic N) is 1. The highest BCUT2D eigenvalue weighted by Crippen LogP contribution is 2.28. The number of nitrogens with one attached hydrogen (secondary N) is 1. The lowest BCUT2D eigenvalue weighted by molar-refractivity contribution is 0.337. The third-order valence-corrected chi connectivity index (χ3v) is 3.89. The van der Waals surface area contributed by atoms with Gasteiger partial charge in [-0.1, -0.05) is 37.6 Å². The predicted octanol–water partition coefficient (Wildman–Crippen LogP) is 3.16. The molecule has 2 rings (SSSR count). The molecule has 0 bridgehead atoms. The van der Waals surface area contributed by atoms with Gasteiger partial charge in [0.15, 0.2) is 0 Å². The molecule has 1 heterocycles. The molecule has 1 aromatic rings. The molecule has 2 unspecified atom stereocenters. The first-order valence-corrected chi connectivity index (χ1v) is 6.72. The third-order valence-electron chi connectivity index (χ3n) is 3.57. The van der Waals surface area contributed by atoms with Crippen LogP contribution in [-0.4, -0.2) is 25.2 Å². The first-order chi connectivity index (χ1) is 8.09. The standard InChI is InChI=1S/C14H21ClN2/c1-10(2)13-9-17(11(3)8-16-13)14-7-5-4-6-12(14)15/h4-7,10-11,13,16H,8-9H2,1-3H3. The fourth-order valence-corrected chi connectivity index (χ4v) is 2.60. The van der Waals surface area contributed by atoms with Gasteiger partial charge in [0.05, 0.1) is 10.7 Å². The number of benzene rings is 1. The van der Waals surface area contributed by atoms with Crippen molar-refractivity contribution in [3.8, 4) is 0 Å². The van der Waals surface area contributed by atoms with Gasteiger partial charge in [0.2, 0.25) is 0 Å². The van der Waals surface area contributed by atoms with Crippen LogP contribution in [0.2, 0.25) is 5.02 Å². The molecule has 1 aliphatic rings. The summed E-state index contributed by atoms with van der Waals surface area (Å²) in [6.45, 7) is 8.82. The van der Waals surface area contributed by atoms with Crippen LogP contribution < -0.4 is 10.2 Å². The summed E-state index contributed by atoms with van der Waals surface area (Å²) in [5, 5.41) is 4.45. The highest BCUT2D eigenvalue weighted by molar-refractivity contribution is 6.33. The zero-order chi connectivity index (χ0) is 12.4. The average Bonchev–Trinajstić information content (AvgIpc) is 2.30. The van der Waals surface area contributed by atoms with Crippen LogP contribution in [0.4, 0.5) is 5.69 Å². The number of hydrogen-bond donors (Lipinski definition) is 1. The van der Waals surface area contributed by atoms with Crippen LogP contribution in [0.15, 0.2) is 24.3 Å². The zero-order valence-electron chi connectivity index (χ0n) is 10.8. The van der Waals surface area contributed by atoms with E-state index in [0.717, 1.165) is 23.8 Å². The van der Waals surface area contributed by atoms with E-state index in [0.29, 0.717) is 18.0 Å². The van der Waals surface area contributed by atoms with Crippen LogP contribution in [0.3, 0.4) is 0 Å². The molecule has 1 aromatic carbocycles. The Morgan fingerprint density at radius 2 is 2.06 bits per heavy atom. The summed E-state index contributed by atoms with van der Waals surface area (Å²) < 4.78 is 0. The largest absolute Gasteiger partial charge is 0.365 e. The van der Waals surface area contributed by atoms with Crippen LogP contribution in [0.1, 0.15) is 20.8 Å². The molecule has 1 aliphatic heterocycles. The Labute approximate surface area is 109 Å². The Morgan fingerprint density at radius 1 is 1.35 bits per heavy atom. The molecule has 0 saturated carbocycles. The summed E-state index contributed by atoms with van der Waals surface area (Å²) in [4.78, 5) is 2.42. The van der Waals surface area contributed by atoms with Crippen LogP contribution in [0, 0.1) is 5.92 Å². The van der Waals surface area contributed by atoms with Crippen molar-refractivity contribution in [2.75, 3.05) is 18.0 Å². The smallest absolute Gasteiger partial charge is 0.0639 e. The molecule has 17 heavy (non-hydrogen) atoms. The lowest BCUT2D eigenvalue weighted by Gasteiger charge is -2.42. The maximum absolute atomic E-state index is 6.29. The second kappa shape index (κ2) is 5.28. The van der Waals surface area contributed by atoms with E-state index in [9.17, 15) is 0 Å². The van der Waals surface area contributed by atoms with E-state index in [4.69, 9.17) is 11.6 Å². The quantitative estimate of drug-likeness (QED) is 0.870. The van der Waals surface area contributed by atoms with E-state index in [-0.39, 0.29) is 0 Å². The second-order valence-corrected chi connectivity index (χ2v) is 5.62. The summed E-state index contributed by atoms with van der Waals surface area (Å²) in [5.74, 6) is 0.646. The second-order valence-electron chi connectivity index (χ2n) is 5.21. The van der Waals surface area contributed by atoms with Crippen LogP contribution in [-0.2, 0) is 0 Å². The van der Waals surface area contributed by atoms with E-state index in [1.54, 1.807) is 0 Å². The SMILES string of the molecule is CC(C)C1CN(c2ccccc2Cl)C(C)CN1. The monoisotopic (exact) mass is 252 g/mol. The van der Waals surface area contributed by atoms with E-state index in [1.165, 1.54) is 0 Å². The summed E-state index contributed by atoms with van der Waals surface area (Å²) in [6.07, 6.45) is 0. The molecule has 3 heteroatoms. The molecule has 0 amide bonds. The molecule has 0 aliphatic carbocycles. The van der Waals surface area contributed by atoms with Crippen LogP contribution in [0.5, 0.6) is 0 Å². The Morgan fingerprint density at radius 3 is 2.71 bits per heavy atom. The van der Waals surface area contributed by atoms with Crippen molar-refractivity contribution >= 4 is 17.3 Å². The van der Waals surface area contributed by atoms with Gasteiger partial charge in [-0.2, -0.15) is 0 Å². The summed E-state index contributed by atoms with van der Waals surface area (Å²) in [5.41, 5.74) is 1.16. The minimum Gasteiger partial charge on any atom is -0.365 e. The van der Waals surface area contributed by atoms with Crippen molar-refractivity contribution in [3.05, 3.63) is 29.3 Å². The highest BCUT2D eigenvalue weighted by Gasteiger charge is 2.27. The van der Waals surface area contributed by atoms with Gasteiger partial charge in [0.1, 0.15) is 0 Å². The van der Waals surface area contributed by atoms with Gasteiger partial charge >= 0.3 is 0 Å². The van der Waals surface area contributed by atoms with Gasteiger partial charge < -0.3 is 10.2 Å². The highest BCUT2D eigenvalue weighted by atomic mass is 35.5. The van der Waals surface area contributed by atoms with Crippen LogP contribution in [0.25, 0.3) is 0 Å². The van der Waals surface area contributed by atoms with Crippen molar-refractivity contribution in [2.45, 2.75) is 32.9 Å². The van der Waals surface area contributed by atoms with Crippen molar-refractivity contribution in [1.82, 2.24) is 5.32 Å². The van der Waals surface area contributed by atoms with Gasteiger partial charge in [-0.3, -0.25) is 0 Å². The lowest BCUT2D eigenvalue weighted by Crippen LogP contribution is -2.57. The maximum Gasteiger partial charge on any atom is 0.0639 e. The molecule has 2 nitrogen and oxygen atoms in total. The maximum atomic E-state index is 6.29. The van der Waals surface area contributed by atoms with E-state index >= 15 is 0 Å². The van der Waals surface area contributed by atoms with Crippen LogP contribution >= 0.6 is 11.6 Å². The van der Waals surface area contributed by atoms with Gasteiger partial charge in [-0.05, 0) is 25.0 Å². The Kier molecular flexibility index (Phi) is 3.95. The Balaban J connectivity index is 2.21. The molecule has 1 N–H and O–H groups in total. The van der Waals surface area contributed by atoms with E-state index < -0.39 is 0 Å². The minimum atomic E-state index is 0.491. The number of halogens is 1.